The molecule has 5 atom stereocenters. The van der Waals surface area contributed by atoms with Crippen LogP contribution >= 0.6 is 0 Å². The molecule has 0 radical (unpaired) electrons. The van der Waals surface area contributed by atoms with Gasteiger partial charge in [0.05, 0.1) is 0 Å². The second kappa shape index (κ2) is 4.77. The summed E-state index contributed by atoms with van der Waals surface area (Å²) in [5, 5.41) is 0. The highest BCUT2D eigenvalue weighted by atomic mass is 16.8. The molecule has 0 bridgehead atoms. The van der Waals surface area contributed by atoms with Crippen molar-refractivity contribution < 1.29 is 28.5 Å². The van der Waals surface area contributed by atoms with E-state index in [2.05, 4.69) is 0 Å². The zero-order chi connectivity index (χ0) is 13.5. The first-order valence-electron chi connectivity index (χ1n) is 6.05. The predicted octanol–water partition coefficient (Wildman–Crippen LogP) is 0.829. The number of hydrogen-bond acceptors (Lipinski definition) is 6. The summed E-state index contributed by atoms with van der Waals surface area (Å²) in [5.41, 5.74) is 0. The van der Waals surface area contributed by atoms with Crippen molar-refractivity contribution >= 4 is 5.97 Å². The summed E-state index contributed by atoms with van der Waals surface area (Å²) in [6.07, 6.45) is -1.88. The molecule has 0 saturated carbocycles. The van der Waals surface area contributed by atoms with Gasteiger partial charge in [0, 0.05) is 14.0 Å². The zero-order valence-electron chi connectivity index (χ0n) is 11.3. The Morgan fingerprint density at radius 3 is 2.44 bits per heavy atom. The van der Waals surface area contributed by atoms with Crippen LogP contribution in [0.2, 0.25) is 0 Å². The van der Waals surface area contributed by atoms with Crippen LogP contribution in [-0.2, 0) is 28.5 Å². The molecule has 0 aliphatic carbocycles. The molecule has 0 aromatic heterocycles. The van der Waals surface area contributed by atoms with Crippen LogP contribution in [0.1, 0.15) is 27.7 Å². The van der Waals surface area contributed by atoms with Gasteiger partial charge in [-0.25, -0.2) is 0 Å². The first kappa shape index (κ1) is 13.7. The standard InChI is InChI=1S/C12H20O6/c1-6(15-7(2)13)8-9-10(11(14-5)16-8)18-12(3,4)17-9/h6,8-11H,1-5H3/t6-,8+,9+,10+,11+/m0/s1. The Bertz CT molecular complexity index is 329. The van der Waals surface area contributed by atoms with Gasteiger partial charge < -0.3 is 23.7 Å². The van der Waals surface area contributed by atoms with E-state index in [1.54, 1.807) is 14.0 Å². The molecular weight excluding hydrogens is 240 g/mol. The second-order valence-corrected chi connectivity index (χ2v) is 5.08. The summed E-state index contributed by atoms with van der Waals surface area (Å²) in [6.45, 7) is 6.82. The maximum absolute atomic E-state index is 11.0. The van der Waals surface area contributed by atoms with Crippen LogP contribution in [0.4, 0.5) is 0 Å². The van der Waals surface area contributed by atoms with Gasteiger partial charge in [0.25, 0.3) is 0 Å². The molecule has 0 aromatic carbocycles. The SMILES string of the molecule is CO[C@@H]1O[C@H]([C@H](C)OC(C)=O)[C@H]2OC(C)(C)O[C@@H]12. The van der Waals surface area contributed by atoms with E-state index in [9.17, 15) is 4.79 Å². The fraction of sp³-hybridized carbons (Fsp3) is 0.917. The van der Waals surface area contributed by atoms with Crippen molar-refractivity contribution in [1.82, 2.24) is 0 Å². The lowest BCUT2D eigenvalue weighted by Crippen LogP contribution is -2.39. The fourth-order valence-corrected chi connectivity index (χ4v) is 2.49. The Morgan fingerprint density at radius 2 is 1.89 bits per heavy atom. The van der Waals surface area contributed by atoms with Crippen molar-refractivity contribution in [2.24, 2.45) is 0 Å². The smallest absolute Gasteiger partial charge is 0.302 e. The van der Waals surface area contributed by atoms with E-state index in [1.807, 2.05) is 13.8 Å². The van der Waals surface area contributed by atoms with Crippen molar-refractivity contribution in [3.63, 3.8) is 0 Å². The van der Waals surface area contributed by atoms with Gasteiger partial charge in [-0.15, -0.1) is 0 Å². The highest BCUT2D eigenvalue weighted by Crippen LogP contribution is 2.40. The van der Waals surface area contributed by atoms with Crippen LogP contribution in [0.25, 0.3) is 0 Å². The summed E-state index contributed by atoms with van der Waals surface area (Å²) in [4.78, 5) is 11.0. The Labute approximate surface area is 106 Å². The molecule has 0 amide bonds. The molecule has 0 N–H and O–H groups in total. The molecule has 18 heavy (non-hydrogen) atoms. The molecule has 2 aliphatic heterocycles. The Morgan fingerprint density at radius 1 is 1.28 bits per heavy atom. The topological polar surface area (TPSA) is 63.2 Å². The first-order chi connectivity index (χ1) is 8.34. The van der Waals surface area contributed by atoms with Gasteiger partial charge in [0.15, 0.2) is 12.1 Å². The molecule has 6 nitrogen and oxygen atoms in total. The summed E-state index contributed by atoms with van der Waals surface area (Å²) < 4.78 is 27.6. The summed E-state index contributed by atoms with van der Waals surface area (Å²) >= 11 is 0. The van der Waals surface area contributed by atoms with Gasteiger partial charge in [-0.3, -0.25) is 4.79 Å². The van der Waals surface area contributed by atoms with Crippen LogP contribution in [-0.4, -0.2) is 49.6 Å². The fourth-order valence-electron chi connectivity index (χ4n) is 2.49. The van der Waals surface area contributed by atoms with Gasteiger partial charge in [-0.05, 0) is 20.8 Å². The third-order valence-electron chi connectivity index (χ3n) is 3.09. The van der Waals surface area contributed by atoms with Crippen LogP contribution in [0.15, 0.2) is 0 Å². The second-order valence-electron chi connectivity index (χ2n) is 5.08. The van der Waals surface area contributed by atoms with Gasteiger partial charge in [-0.2, -0.15) is 0 Å². The highest BCUT2D eigenvalue weighted by molar-refractivity contribution is 5.66. The first-order valence-corrected chi connectivity index (χ1v) is 6.05. The number of methoxy groups -OCH3 is 1. The van der Waals surface area contributed by atoms with Crippen LogP contribution in [0, 0.1) is 0 Å². The molecule has 0 aromatic rings. The zero-order valence-corrected chi connectivity index (χ0v) is 11.3. The average Bonchev–Trinajstić information content (AvgIpc) is 2.69. The maximum Gasteiger partial charge on any atom is 0.302 e. The molecule has 104 valence electrons. The van der Waals surface area contributed by atoms with Gasteiger partial charge in [-0.1, -0.05) is 0 Å². The minimum atomic E-state index is -0.677. The number of hydrogen-bond donors (Lipinski definition) is 0. The van der Waals surface area contributed by atoms with E-state index in [0.717, 1.165) is 0 Å². The quantitative estimate of drug-likeness (QED) is 0.700. The Hall–Kier alpha value is -0.690. The lowest BCUT2D eigenvalue weighted by atomic mass is 10.1. The van der Waals surface area contributed by atoms with Gasteiger partial charge in [0.1, 0.15) is 24.4 Å². The number of fused-ring (bicyclic) bond motifs is 1. The van der Waals surface area contributed by atoms with Crippen molar-refractivity contribution in [2.75, 3.05) is 7.11 Å². The third kappa shape index (κ3) is 2.51. The monoisotopic (exact) mass is 260 g/mol. The van der Waals surface area contributed by atoms with E-state index >= 15 is 0 Å². The Balaban J connectivity index is 2.11. The highest BCUT2D eigenvalue weighted by Gasteiger charge is 2.57. The van der Waals surface area contributed by atoms with Gasteiger partial charge in [0.2, 0.25) is 0 Å². The number of rotatable bonds is 3. The molecule has 6 heteroatoms. The lowest BCUT2D eigenvalue weighted by molar-refractivity contribution is -0.237. The lowest BCUT2D eigenvalue weighted by Gasteiger charge is -2.26. The van der Waals surface area contributed by atoms with E-state index < -0.39 is 18.2 Å². The van der Waals surface area contributed by atoms with Crippen LogP contribution in [0.3, 0.4) is 0 Å². The van der Waals surface area contributed by atoms with E-state index in [0.29, 0.717) is 0 Å². The number of esters is 1. The maximum atomic E-state index is 11.0. The van der Waals surface area contributed by atoms with Gasteiger partial charge >= 0.3 is 5.97 Å². The molecular formula is C12H20O6. The molecule has 2 aliphatic rings. The molecule has 2 fully saturated rings. The minimum Gasteiger partial charge on any atom is -0.460 e. The molecule has 2 rings (SSSR count). The Kier molecular flexibility index (Phi) is 3.64. The van der Waals surface area contributed by atoms with Crippen molar-refractivity contribution in [3.05, 3.63) is 0 Å². The van der Waals surface area contributed by atoms with Crippen molar-refractivity contribution in [1.29, 1.82) is 0 Å². The van der Waals surface area contributed by atoms with E-state index in [-0.39, 0.29) is 24.3 Å². The minimum absolute atomic E-state index is 0.292. The molecule has 2 heterocycles. The summed E-state index contributed by atoms with van der Waals surface area (Å²) in [7, 11) is 1.55. The molecule has 2 saturated heterocycles. The van der Waals surface area contributed by atoms with E-state index in [1.165, 1.54) is 6.92 Å². The number of carbonyl (C=O) groups excluding carboxylic acids is 1. The normalized spacial score (nSPS) is 39.4. The largest absolute Gasteiger partial charge is 0.460 e. The van der Waals surface area contributed by atoms with Crippen molar-refractivity contribution in [2.45, 2.75) is 64.2 Å². The van der Waals surface area contributed by atoms with Crippen LogP contribution < -0.4 is 0 Å². The van der Waals surface area contributed by atoms with E-state index in [4.69, 9.17) is 23.7 Å². The average molecular weight is 260 g/mol. The van der Waals surface area contributed by atoms with Crippen LogP contribution in [0.5, 0.6) is 0 Å². The molecule has 0 spiro atoms. The number of carbonyl (C=O) groups is 1. The van der Waals surface area contributed by atoms with Crippen molar-refractivity contribution in [3.8, 4) is 0 Å². The predicted molar refractivity (Wildman–Crippen MR) is 60.7 cm³/mol. The summed E-state index contributed by atoms with van der Waals surface area (Å²) in [5.74, 6) is -1.02. The third-order valence-corrected chi connectivity index (χ3v) is 3.09. The molecule has 0 unspecified atom stereocenters. The number of ether oxygens (including phenoxy) is 5. The summed E-state index contributed by atoms with van der Waals surface area (Å²) in [6, 6.07) is 0.